The van der Waals surface area contributed by atoms with E-state index in [0.29, 0.717) is 0 Å². The Hall–Kier alpha value is -1.39. The Balaban J connectivity index is 2.90. The van der Waals surface area contributed by atoms with E-state index in [0.717, 1.165) is 5.56 Å². The van der Waals surface area contributed by atoms with Gasteiger partial charge in [-0.1, -0.05) is 6.07 Å². The highest BCUT2D eigenvalue weighted by molar-refractivity contribution is 5.67. The fourth-order valence-corrected chi connectivity index (χ4v) is 0.949. The molecule has 0 radical (unpaired) electrons. The van der Waals surface area contributed by atoms with E-state index in [1.807, 2.05) is 0 Å². The minimum atomic E-state index is -4.44. The summed E-state index contributed by atoms with van der Waals surface area (Å²) in [4.78, 5) is 0. The summed E-state index contributed by atoms with van der Waals surface area (Å²) >= 11 is 0. The third-order valence-electron chi connectivity index (χ3n) is 1.48. The fraction of sp³-hybridized carbons (Fsp3) is 0.250. The molecule has 13 heavy (non-hydrogen) atoms. The van der Waals surface area contributed by atoms with Gasteiger partial charge in [0.25, 0.3) is 0 Å². The summed E-state index contributed by atoms with van der Waals surface area (Å²) in [5.41, 5.74) is 6.17. The third kappa shape index (κ3) is 2.85. The number of hydrogen-bond donors (Lipinski definition) is 2. The van der Waals surface area contributed by atoms with E-state index >= 15 is 0 Å². The number of nitrogen functional groups attached to an aromatic ring is 1. The normalized spacial score (nSPS) is 11.4. The monoisotopic (exact) mass is 190 g/mol. The first kappa shape index (κ1) is 9.70. The average molecular weight is 190 g/mol. The molecule has 0 aliphatic carbocycles. The van der Waals surface area contributed by atoms with Gasteiger partial charge in [-0.2, -0.15) is 13.2 Å². The number of nitrogens with two attached hydrogens (primary N) is 1. The van der Waals surface area contributed by atoms with Gasteiger partial charge in [0, 0.05) is 0 Å². The molecule has 1 aromatic rings. The topological polar surface area (TPSA) is 38.0 Å². The van der Waals surface area contributed by atoms with Crippen molar-refractivity contribution in [3.05, 3.63) is 23.8 Å². The molecule has 0 spiro atoms. The molecule has 0 aromatic heterocycles. The molecule has 0 saturated heterocycles. The maximum Gasteiger partial charge on any atom is 0.482 e. The van der Waals surface area contributed by atoms with Crippen molar-refractivity contribution in [3.8, 4) is 0 Å². The summed E-state index contributed by atoms with van der Waals surface area (Å²) in [6, 6.07) is 4.34. The molecule has 72 valence electrons. The Labute approximate surface area is 73.5 Å². The van der Waals surface area contributed by atoms with Crippen LogP contribution >= 0.6 is 0 Å². The molecule has 0 aliphatic heterocycles. The highest BCUT2D eigenvalue weighted by atomic mass is 19.4. The lowest BCUT2D eigenvalue weighted by molar-refractivity contribution is -0.0998. The van der Waals surface area contributed by atoms with Crippen molar-refractivity contribution in [1.82, 2.24) is 0 Å². The Bertz CT molecular complexity index is 307. The summed E-state index contributed by atoms with van der Waals surface area (Å²) in [7, 11) is 0. The van der Waals surface area contributed by atoms with Crippen molar-refractivity contribution in [1.29, 1.82) is 0 Å². The van der Waals surface area contributed by atoms with Crippen molar-refractivity contribution in [2.45, 2.75) is 13.2 Å². The zero-order valence-electron chi connectivity index (χ0n) is 6.94. The van der Waals surface area contributed by atoms with Crippen LogP contribution in [0.1, 0.15) is 5.56 Å². The van der Waals surface area contributed by atoms with Gasteiger partial charge in [0.15, 0.2) is 0 Å². The van der Waals surface area contributed by atoms with E-state index in [1.54, 1.807) is 13.0 Å². The second-order valence-corrected chi connectivity index (χ2v) is 2.71. The number of benzene rings is 1. The first-order chi connectivity index (χ1) is 5.88. The van der Waals surface area contributed by atoms with Crippen molar-refractivity contribution in [2.75, 3.05) is 11.1 Å². The van der Waals surface area contributed by atoms with E-state index < -0.39 is 6.30 Å². The number of anilines is 2. The minimum Gasteiger partial charge on any atom is -0.397 e. The first-order valence-electron chi connectivity index (χ1n) is 3.59. The van der Waals surface area contributed by atoms with Crippen LogP contribution in [0.2, 0.25) is 0 Å². The van der Waals surface area contributed by atoms with Gasteiger partial charge in [-0.3, -0.25) is 5.32 Å². The van der Waals surface area contributed by atoms with Gasteiger partial charge in [0.2, 0.25) is 0 Å². The van der Waals surface area contributed by atoms with Gasteiger partial charge in [-0.05, 0) is 24.6 Å². The molecule has 0 unspecified atom stereocenters. The van der Waals surface area contributed by atoms with Crippen LogP contribution in [0.25, 0.3) is 0 Å². The van der Waals surface area contributed by atoms with Crippen LogP contribution < -0.4 is 11.1 Å². The zero-order chi connectivity index (χ0) is 10.1. The van der Waals surface area contributed by atoms with Gasteiger partial charge in [-0.25, -0.2) is 0 Å². The number of halogens is 3. The molecule has 0 bridgehead atoms. The largest absolute Gasteiger partial charge is 0.482 e. The van der Waals surface area contributed by atoms with E-state index in [-0.39, 0.29) is 11.4 Å². The maximum absolute atomic E-state index is 11.9. The molecule has 2 nitrogen and oxygen atoms in total. The van der Waals surface area contributed by atoms with Crippen molar-refractivity contribution >= 4 is 11.4 Å². The number of aryl methyl sites for hydroxylation is 1. The van der Waals surface area contributed by atoms with E-state index in [4.69, 9.17) is 5.73 Å². The van der Waals surface area contributed by atoms with E-state index in [1.165, 1.54) is 17.4 Å². The lowest BCUT2D eigenvalue weighted by Gasteiger charge is -2.12. The number of nitrogens with one attached hydrogen (secondary N) is 1. The summed E-state index contributed by atoms with van der Waals surface area (Å²) in [5.74, 6) is 0. The summed E-state index contributed by atoms with van der Waals surface area (Å²) in [6.45, 7) is 1.76. The Morgan fingerprint density at radius 3 is 2.38 bits per heavy atom. The Morgan fingerprint density at radius 1 is 1.31 bits per heavy atom. The van der Waals surface area contributed by atoms with Crippen molar-refractivity contribution in [3.63, 3.8) is 0 Å². The van der Waals surface area contributed by atoms with Crippen molar-refractivity contribution < 1.29 is 13.2 Å². The van der Waals surface area contributed by atoms with Crippen LogP contribution in [0.5, 0.6) is 0 Å². The third-order valence-corrected chi connectivity index (χ3v) is 1.48. The molecule has 5 heteroatoms. The molecule has 0 saturated carbocycles. The van der Waals surface area contributed by atoms with Crippen LogP contribution in [-0.4, -0.2) is 6.30 Å². The summed E-state index contributed by atoms with van der Waals surface area (Å²) < 4.78 is 35.6. The molecule has 0 fully saturated rings. The minimum absolute atomic E-state index is 0.0947. The fourth-order valence-electron chi connectivity index (χ4n) is 0.949. The molecule has 0 amide bonds. The molecular weight excluding hydrogens is 181 g/mol. The highest BCUT2D eigenvalue weighted by Gasteiger charge is 2.27. The molecule has 1 aromatic carbocycles. The number of hydrogen-bond acceptors (Lipinski definition) is 2. The molecule has 3 N–H and O–H groups in total. The Kier molecular flexibility index (Phi) is 2.36. The predicted molar refractivity (Wildman–Crippen MR) is 45.3 cm³/mol. The van der Waals surface area contributed by atoms with Crippen LogP contribution in [0.15, 0.2) is 18.2 Å². The standard InChI is InChI=1S/C8H9F3N2/c1-5-2-3-7(6(12)4-5)13-8(9,10)11/h2-4,13H,12H2,1H3. The lowest BCUT2D eigenvalue weighted by Crippen LogP contribution is -2.21. The Morgan fingerprint density at radius 2 is 1.92 bits per heavy atom. The van der Waals surface area contributed by atoms with Gasteiger partial charge >= 0.3 is 6.30 Å². The maximum atomic E-state index is 11.9. The predicted octanol–water partition coefficient (Wildman–Crippen LogP) is 2.51. The smallest absolute Gasteiger partial charge is 0.397 e. The van der Waals surface area contributed by atoms with E-state index in [2.05, 4.69) is 0 Å². The molecule has 0 aliphatic rings. The van der Waals surface area contributed by atoms with Gasteiger partial charge < -0.3 is 5.73 Å². The molecule has 0 heterocycles. The quantitative estimate of drug-likeness (QED) is 0.527. The summed E-state index contributed by atoms with van der Waals surface area (Å²) in [5, 5.41) is 1.35. The van der Waals surface area contributed by atoms with Crippen LogP contribution in [0.3, 0.4) is 0 Å². The van der Waals surface area contributed by atoms with Crippen LogP contribution in [0, 0.1) is 6.92 Å². The molecular formula is C8H9F3N2. The van der Waals surface area contributed by atoms with Gasteiger partial charge in [0.1, 0.15) is 0 Å². The number of alkyl halides is 3. The average Bonchev–Trinajstić information content (AvgIpc) is 1.93. The SMILES string of the molecule is Cc1ccc(NC(F)(F)F)c(N)c1. The second kappa shape index (κ2) is 3.16. The zero-order valence-corrected chi connectivity index (χ0v) is 6.94. The van der Waals surface area contributed by atoms with Gasteiger partial charge in [-0.15, -0.1) is 0 Å². The first-order valence-corrected chi connectivity index (χ1v) is 3.59. The van der Waals surface area contributed by atoms with Gasteiger partial charge in [0.05, 0.1) is 11.4 Å². The van der Waals surface area contributed by atoms with Crippen molar-refractivity contribution in [2.24, 2.45) is 0 Å². The second-order valence-electron chi connectivity index (χ2n) is 2.71. The van der Waals surface area contributed by atoms with Crippen LogP contribution in [0.4, 0.5) is 24.5 Å². The van der Waals surface area contributed by atoms with E-state index in [9.17, 15) is 13.2 Å². The summed E-state index contributed by atoms with van der Waals surface area (Å²) in [6.07, 6.45) is -4.44. The van der Waals surface area contributed by atoms with Crippen LogP contribution in [-0.2, 0) is 0 Å². The molecule has 1 rings (SSSR count). The molecule has 0 atom stereocenters. The highest BCUT2D eigenvalue weighted by Crippen LogP contribution is 2.25. The lowest BCUT2D eigenvalue weighted by atomic mass is 10.2. The number of rotatable bonds is 1.